The van der Waals surface area contributed by atoms with Crippen molar-refractivity contribution < 1.29 is 23.8 Å². The smallest absolute Gasteiger partial charge is 0.263 e. The van der Waals surface area contributed by atoms with Crippen LogP contribution in [0.1, 0.15) is 26.7 Å². The van der Waals surface area contributed by atoms with Gasteiger partial charge < -0.3 is 24.8 Å². The molecule has 2 N–H and O–H groups in total. The number of hydrogen-bond acceptors (Lipinski definition) is 6. The molecule has 4 aromatic carbocycles. The number of rotatable bonds is 10. The zero-order valence-corrected chi connectivity index (χ0v) is 24.1. The fraction of sp³-hybridized carbons (Fsp3) is 0.161. The van der Waals surface area contributed by atoms with E-state index in [1.54, 1.807) is 42.5 Å². The van der Waals surface area contributed by atoms with Gasteiger partial charge in [0.15, 0.2) is 0 Å². The first-order valence-corrected chi connectivity index (χ1v) is 13.6. The SMILES string of the molecule is COc1cc(Cl)c(C)cc1NC(=O)C(Sc1ccc(NC(=O)c2c(OC)cccc2OC)cc1)c1ccccc1. The van der Waals surface area contributed by atoms with Crippen molar-refractivity contribution in [3.05, 3.63) is 107 Å². The number of methoxy groups -OCH3 is 3. The normalized spacial score (nSPS) is 11.3. The van der Waals surface area contributed by atoms with Crippen LogP contribution in [0.15, 0.2) is 89.8 Å². The Morgan fingerprint density at radius 3 is 2.00 bits per heavy atom. The van der Waals surface area contributed by atoms with Crippen LogP contribution in [0.4, 0.5) is 11.4 Å². The van der Waals surface area contributed by atoms with Gasteiger partial charge in [-0.1, -0.05) is 48.0 Å². The molecule has 4 rings (SSSR count). The molecule has 4 aromatic rings. The molecular formula is C31H29ClN2O5S. The number of amides is 2. The molecule has 0 bridgehead atoms. The molecule has 0 spiro atoms. The van der Waals surface area contributed by atoms with Gasteiger partial charge in [0.05, 0.1) is 27.0 Å². The van der Waals surface area contributed by atoms with Gasteiger partial charge in [-0.05, 0) is 60.5 Å². The summed E-state index contributed by atoms with van der Waals surface area (Å²) < 4.78 is 16.1. The summed E-state index contributed by atoms with van der Waals surface area (Å²) in [6, 6.07) is 25.4. The van der Waals surface area contributed by atoms with Gasteiger partial charge in [0, 0.05) is 21.7 Å². The molecule has 0 fully saturated rings. The first-order valence-electron chi connectivity index (χ1n) is 12.3. The highest BCUT2D eigenvalue weighted by Gasteiger charge is 2.24. The van der Waals surface area contributed by atoms with Crippen LogP contribution >= 0.6 is 23.4 Å². The lowest BCUT2D eigenvalue weighted by molar-refractivity contribution is -0.115. The van der Waals surface area contributed by atoms with Crippen molar-refractivity contribution >= 4 is 46.6 Å². The highest BCUT2D eigenvalue weighted by Crippen LogP contribution is 2.38. The number of carbonyl (C=O) groups excluding carboxylic acids is 2. The predicted octanol–water partition coefficient (Wildman–Crippen LogP) is 7.40. The first-order chi connectivity index (χ1) is 19.3. The van der Waals surface area contributed by atoms with Gasteiger partial charge in [0.1, 0.15) is 28.1 Å². The van der Waals surface area contributed by atoms with Crippen molar-refractivity contribution in [1.29, 1.82) is 0 Å². The van der Waals surface area contributed by atoms with E-state index in [2.05, 4.69) is 10.6 Å². The summed E-state index contributed by atoms with van der Waals surface area (Å²) in [6.45, 7) is 1.87. The molecule has 7 nitrogen and oxygen atoms in total. The Hall–Kier alpha value is -4.14. The van der Waals surface area contributed by atoms with E-state index in [-0.39, 0.29) is 11.8 Å². The third kappa shape index (κ3) is 6.70. The third-order valence-corrected chi connectivity index (χ3v) is 7.77. The summed E-state index contributed by atoms with van der Waals surface area (Å²) in [5.74, 6) is 0.731. The van der Waals surface area contributed by atoms with E-state index in [1.807, 2.05) is 49.4 Å². The maximum absolute atomic E-state index is 13.6. The minimum absolute atomic E-state index is 0.211. The number of nitrogens with one attached hydrogen (secondary N) is 2. The van der Waals surface area contributed by atoms with Crippen LogP contribution in [-0.2, 0) is 4.79 Å². The van der Waals surface area contributed by atoms with E-state index in [4.69, 9.17) is 25.8 Å². The fourth-order valence-corrected chi connectivity index (χ4v) is 5.23. The summed E-state index contributed by atoms with van der Waals surface area (Å²) in [5, 5.41) is 5.89. The van der Waals surface area contributed by atoms with Gasteiger partial charge >= 0.3 is 0 Å². The van der Waals surface area contributed by atoms with Crippen LogP contribution in [0.5, 0.6) is 17.2 Å². The number of halogens is 1. The van der Waals surface area contributed by atoms with Crippen LogP contribution in [-0.4, -0.2) is 33.1 Å². The maximum atomic E-state index is 13.6. The lowest BCUT2D eigenvalue weighted by atomic mass is 10.1. The standard InChI is InChI=1S/C31H29ClN2O5S/c1-19-17-24(27(39-4)18-23(19)32)34-31(36)29(20-9-6-5-7-10-20)40-22-15-13-21(14-16-22)33-30(35)28-25(37-2)11-8-12-26(28)38-3/h5-18,29H,1-4H3,(H,33,35)(H,34,36). The summed E-state index contributed by atoms with van der Waals surface area (Å²) in [7, 11) is 4.53. The third-order valence-electron chi connectivity index (χ3n) is 6.10. The van der Waals surface area contributed by atoms with E-state index in [1.165, 1.54) is 33.1 Å². The number of carbonyl (C=O) groups is 2. The van der Waals surface area contributed by atoms with Crippen molar-refractivity contribution in [2.24, 2.45) is 0 Å². The number of aryl methyl sites for hydroxylation is 1. The van der Waals surface area contributed by atoms with Crippen LogP contribution in [0.25, 0.3) is 0 Å². The molecule has 0 radical (unpaired) electrons. The first kappa shape index (κ1) is 28.9. The molecule has 1 atom stereocenters. The van der Waals surface area contributed by atoms with Crippen LogP contribution in [0, 0.1) is 6.92 Å². The van der Waals surface area contributed by atoms with E-state index >= 15 is 0 Å². The highest BCUT2D eigenvalue weighted by molar-refractivity contribution is 8.00. The molecule has 1 unspecified atom stereocenters. The van der Waals surface area contributed by atoms with E-state index in [9.17, 15) is 9.59 Å². The van der Waals surface area contributed by atoms with Gasteiger partial charge in [0.2, 0.25) is 5.91 Å². The average molecular weight is 577 g/mol. The van der Waals surface area contributed by atoms with Crippen molar-refractivity contribution in [2.75, 3.05) is 32.0 Å². The molecule has 40 heavy (non-hydrogen) atoms. The van der Waals surface area contributed by atoms with Gasteiger partial charge in [0.25, 0.3) is 5.91 Å². The zero-order valence-electron chi connectivity index (χ0n) is 22.5. The lowest BCUT2D eigenvalue weighted by Gasteiger charge is -2.19. The quantitative estimate of drug-likeness (QED) is 0.191. The summed E-state index contributed by atoms with van der Waals surface area (Å²) in [6.07, 6.45) is 0. The Morgan fingerprint density at radius 2 is 1.40 bits per heavy atom. The Labute approximate surface area is 242 Å². The second kappa shape index (κ2) is 13.3. The second-order valence-corrected chi connectivity index (χ2v) is 10.3. The van der Waals surface area contributed by atoms with Gasteiger partial charge in [-0.25, -0.2) is 0 Å². The van der Waals surface area contributed by atoms with Gasteiger partial charge in [-0.2, -0.15) is 0 Å². The Morgan fingerprint density at radius 1 is 0.775 bits per heavy atom. The Bertz CT molecular complexity index is 1470. The molecule has 206 valence electrons. The zero-order chi connectivity index (χ0) is 28.6. The van der Waals surface area contributed by atoms with E-state index in [0.29, 0.717) is 39.2 Å². The molecule has 0 saturated heterocycles. The molecule has 9 heteroatoms. The monoisotopic (exact) mass is 576 g/mol. The molecular weight excluding hydrogens is 548 g/mol. The number of ether oxygens (including phenoxy) is 3. The van der Waals surface area contributed by atoms with Crippen LogP contribution in [0.3, 0.4) is 0 Å². The maximum Gasteiger partial charge on any atom is 0.263 e. The lowest BCUT2D eigenvalue weighted by Crippen LogP contribution is -2.19. The van der Waals surface area contributed by atoms with Gasteiger partial charge in [-0.3, -0.25) is 9.59 Å². The van der Waals surface area contributed by atoms with Crippen LogP contribution < -0.4 is 24.8 Å². The number of benzene rings is 4. The fourth-order valence-electron chi connectivity index (χ4n) is 4.05. The minimum Gasteiger partial charge on any atom is -0.496 e. The number of anilines is 2. The molecule has 0 saturated carbocycles. The minimum atomic E-state index is -0.555. The second-order valence-electron chi connectivity index (χ2n) is 8.72. The highest BCUT2D eigenvalue weighted by atomic mass is 35.5. The summed E-state index contributed by atoms with van der Waals surface area (Å²) >= 11 is 7.64. The van der Waals surface area contributed by atoms with E-state index in [0.717, 1.165) is 16.0 Å². The molecule has 0 aromatic heterocycles. The largest absolute Gasteiger partial charge is 0.496 e. The predicted molar refractivity (Wildman–Crippen MR) is 160 cm³/mol. The Balaban J connectivity index is 1.54. The van der Waals surface area contributed by atoms with Crippen molar-refractivity contribution in [2.45, 2.75) is 17.1 Å². The summed E-state index contributed by atoms with van der Waals surface area (Å²) in [4.78, 5) is 27.4. The Kier molecular flexibility index (Phi) is 9.58. The van der Waals surface area contributed by atoms with Crippen molar-refractivity contribution in [3.8, 4) is 17.2 Å². The average Bonchev–Trinajstić information content (AvgIpc) is 2.98. The topological polar surface area (TPSA) is 85.9 Å². The summed E-state index contributed by atoms with van der Waals surface area (Å²) in [5.41, 5.74) is 3.10. The van der Waals surface area contributed by atoms with Gasteiger partial charge in [-0.15, -0.1) is 11.8 Å². The van der Waals surface area contributed by atoms with E-state index < -0.39 is 5.25 Å². The molecule has 0 aliphatic carbocycles. The van der Waals surface area contributed by atoms with Crippen LogP contribution in [0.2, 0.25) is 5.02 Å². The molecule has 0 aliphatic heterocycles. The molecule has 0 aliphatic rings. The van der Waals surface area contributed by atoms with Crippen molar-refractivity contribution in [1.82, 2.24) is 0 Å². The number of thioether (sulfide) groups is 1. The number of hydrogen-bond donors (Lipinski definition) is 2. The molecule has 2 amide bonds. The van der Waals surface area contributed by atoms with Crippen molar-refractivity contribution in [3.63, 3.8) is 0 Å². The molecule has 0 heterocycles.